The van der Waals surface area contributed by atoms with E-state index >= 15 is 0 Å². The summed E-state index contributed by atoms with van der Waals surface area (Å²) in [5.41, 5.74) is 9.79. The molecular weight excluding hydrogens is 392 g/mol. The normalized spacial score (nSPS) is 11.0. The van der Waals surface area contributed by atoms with Gasteiger partial charge in [0.25, 0.3) is 0 Å². The van der Waals surface area contributed by atoms with Crippen LogP contribution < -0.4 is 0 Å². The maximum absolute atomic E-state index is 9.37. The van der Waals surface area contributed by atoms with E-state index in [0.29, 0.717) is 16.8 Å². The molecule has 1 aliphatic rings. The minimum absolute atomic E-state index is 0.615. The van der Waals surface area contributed by atoms with Gasteiger partial charge in [0.1, 0.15) is 0 Å². The lowest BCUT2D eigenvalue weighted by Crippen LogP contribution is -1.98. The summed E-state index contributed by atoms with van der Waals surface area (Å²) in [6.07, 6.45) is 1.96. The molecule has 0 bridgehead atoms. The van der Waals surface area contributed by atoms with Crippen LogP contribution in [-0.2, 0) is 0 Å². The first-order chi connectivity index (χ1) is 15.7. The van der Waals surface area contributed by atoms with Crippen LogP contribution >= 0.6 is 0 Å². The van der Waals surface area contributed by atoms with Gasteiger partial charge in [-0.1, -0.05) is 48.5 Å². The van der Waals surface area contributed by atoms with Gasteiger partial charge in [0.05, 0.1) is 29.0 Å². The van der Waals surface area contributed by atoms with Gasteiger partial charge < -0.3 is 0 Å². The van der Waals surface area contributed by atoms with Gasteiger partial charge in [0.2, 0.25) is 6.19 Å². The van der Waals surface area contributed by atoms with Gasteiger partial charge in [-0.05, 0) is 69.8 Å². The molecule has 0 amide bonds. The summed E-state index contributed by atoms with van der Waals surface area (Å²) in [6, 6.07) is 31.5. The molecule has 0 saturated carbocycles. The highest BCUT2D eigenvalue weighted by Crippen LogP contribution is 2.41. The summed E-state index contributed by atoms with van der Waals surface area (Å²) in [5, 5.41) is 27.4. The molecule has 5 rings (SSSR count). The van der Waals surface area contributed by atoms with Crippen LogP contribution in [0.3, 0.4) is 0 Å². The quantitative estimate of drug-likeness (QED) is 0.334. The number of hydrogen-bond donors (Lipinski definition) is 0. The Bertz CT molecular complexity index is 1410. The summed E-state index contributed by atoms with van der Waals surface area (Å²) in [4.78, 5) is 4.17. The lowest BCUT2D eigenvalue weighted by molar-refractivity contribution is 1.43. The molecule has 0 saturated heterocycles. The number of rotatable bonds is 2. The van der Waals surface area contributed by atoms with Gasteiger partial charge in [-0.15, -0.1) is 0 Å². The van der Waals surface area contributed by atoms with Gasteiger partial charge in [-0.25, -0.2) is 0 Å². The molecule has 0 aliphatic heterocycles. The van der Waals surface area contributed by atoms with Crippen molar-refractivity contribution < 1.29 is 0 Å². The Labute approximate surface area is 185 Å². The molecule has 0 fully saturated rings. The van der Waals surface area contributed by atoms with Crippen molar-refractivity contribution in [2.45, 2.75) is 0 Å². The number of fused-ring (bicyclic) bond motifs is 3. The molecule has 0 aromatic heterocycles. The topological polar surface area (TPSA) is 83.7 Å². The fourth-order valence-electron chi connectivity index (χ4n) is 4.10. The Hall–Kier alpha value is -4.98. The molecule has 4 nitrogen and oxygen atoms in total. The first-order valence-electron chi connectivity index (χ1n) is 9.99. The second kappa shape index (κ2) is 7.69. The minimum atomic E-state index is 0.615. The third kappa shape index (κ3) is 3.12. The van der Waals surface area contributed by atoms with Crippen LogP contribution in [0.2, 0.25) is 0 Å². The van der Waals surface area contributed by atoms with Gasteiger partial charge in [-0.3, -0.25) is 0 Å². The van der Waals surface area contributed by atoms with Gasteiger partial charge in [-0.2, -0.15) is 20.8 Å². The SMILES string of the molecule is N#CN=C1c2cc(-c3ccc(C#N)cc3)ccc2-c2ccc(-c3ccc(C#N)cc3)cc21. The maximum Gasteiger partial charge on any atom is 0.206 e. The average Bonchev–Trinajstić information content (AvgIpc) is 3.16. The zero-order chi connectivity index (χ0) is 22.1. The molecule has 0 unspecified atom stereocenters. The number of benzene rings is 4. The van der Waals surface area contributed by atoms with Crippen molar-refractivity contribution in [2.24, 2.45) is 4.99 Å². The molecular formula is C28H14N4. The highest BCUT2D eigenvalue weighted by Gasteiger charge is 2.26. The van der Waals surface area contributed by atoms with E-state index in [0.717, 1.165) is 44.5 Å². The van der Waals surface area contributed by atoms with E-state index < -0.39 is 0 Å². The van der Waals surface area contributed by atoms with Crippen LogP contribution in [0.1, 0.15) is 22.3 Å². The lowest BCUT2D eigenvalue weighted by Gasteiger charge is -2.06. The van der Waals surface area contributed by atoms with Crippen LogP contribution in [0.25, 0.3) is 33.4 Å². The molecule has 146 valence electrons. The Morgan fingerprint density at radius 1 is 0.469 bits per heavy atom. The highest BCUT2D eigenvalue weighted by atomic mass is 14.7. The average molecular weight is 406 g/mol. The number of nitrogens with zero attached hydrogens (tertiary/aromatic N) is 4. The van der Waals surface area contributed by atoms with Crippen molar-refractivity contribution in [3.05, 3.63) is 107 Å². The molecule has 4 aromatic rings. The van der Waals surface area contributed by atoms with Crippen LogP contribution in [0, 0.1) is 34.1 Å². The molecule has 0 heterocycles. The van der Waals surface area contributed by atoms with Crippen molar-refractivity contribution in [3.8, 4) is 51.7 Å². The summed E-state index contributed by atoms with van der Waals surface area (Å²) < 4.78 is 0. The predicted octanol–water partition coefficient (Wildman–Crippen LogP) is 6.06. The van der Waals surface area contributed by atoms with Gasteiger partial charge in [0, 0.05) is 11.1 Å². The molecule has 4 aromatic carbocycles. The van der Waals surface area contributed by atoms with E-state index in [-0.39, 0.29) is 0 Å². The maximum atomic E-state index is 9.37. The van der Waals surface area contributed by atoms with E-state index in [1.807, 2.05) is 54.7 Å². The van der Waals surface area contributed by atoms with Crippen molar-refractivity contribution in [2.75, 3.05) is 0 Å². The first-order valence-corrected chi connectivity index (χ1v) is 9.99. The largest absolute Gasteiger partial charge is 0.206 e. The summed E-state index contributed by atoms with van der Waals surface area (Å²) in [6.45, 7) is 0. The molecule has 0 radical (unpaired) electrons. The molecule has 0 spiro atoms. The van der Waals surface area contributed by atoms with Gasteiger partial charge >= 0.3 is 0 Å². The monoisotopic (exact) mass is 406 g/mol. The highest BCUT2D eigenvalue weighted by molar-refractivity contribution is 6.25. The fraction of sp³-hybridized carbons (Fsp3) is 0. The van der Waals surface area contributed by atoms with Crippen LogP contribution in [0.4, 0.5) is 0 Å². The standard InChI is InChI=1S/C28H14N4/c29-15-18-1-5-20(6-2-18)22-9-11-24-25-12-10-23(21-7-3-19(16-30)4-8-21)14-27(25)28(32-17-31)26(24)13-22/h1-14H. The van der Waals surface area contributed by atoms with Gasteiger partial charge in [0.15, 0.2) is 0 Å². The Balaban J connectivity index is 1.61. The third-order valence-corrected chi connectivity index (χ3v) is 5.70. The predicted molar refractivity (Wildman–Crippen MR) is 123 cm³/mol. The summed E-state index contributed by atoms with van der Waals surface area (Å²) in [7, 11) is 0. The Kier molecular flexibility index (Phi) is 4.57. The zero-order valence-electron chi connectivity index (χ0n) is 16.9. The third-order valence-electron chi connectivity index (χ3n) is 5.70. The summed E-state index contributed by atoms with van der Waals surface area (Å²) >= 11 is 0. The Morgan fingerprint density at radius 3 is 1.25 bits per heavy atom. The van der Waals surface area contributed by atoms with Crippen molar-refractivity contribution in [3.63, 3.8) is 0 Å². The van der Waals surface area contributed by atoms with Crippen molar-refractivity contribution >= 4 is 5.71 Å². The van der Waals surface area contributed by atoms with Crippen LogP contribution in [-0.4, -0.2) is 5.71 Å². The van der Waals surface area contributed by atoms with E-state index in [9.17, 15) is 5.26 Å². The van der Waals surface area contributed by atoms with E-state index in [1.165, 1.54) is 0 Å². The zero-order valence-corrected chi connectivity index (χ0v) is 16.9. The number of nitriles is 3. The second-order valence-electron chi connectivity index (χ2n) is 7.46. The molecule has 0 N–H and O–H groups in total. The second-order valence-corrected chi connectivity index (χ2v) is 7.46. The van der Waals surface area contributed by atoms with Crippen molar-refractivity contribution in [1.82, 2.24) is 0 Å². The van der Waals surface area contributed by atoms with E-state index in [2.05, 4.69) is 29.3 Å². The fourth-order valence-corrected chi connectivity index (χ4v) is 4.10. The Morgan fingerprint density at radius 2 is 0.875 bits per heavy atom. The first kappa shape index (κ1) is 19.0. The van der Waals surface area contributed by atoms with Crippen molar-refractivity contribution in [1.29, 1.82) is 15.8 Å². The minimum Gasteiger partial charge on any atom is -0.192 e. The van der Waals surface area contributed by atoms with E-state index in [4.69, 9.17) is 10.5 Å². The summed E-state index contributed by atoms with van der Waals surface area (Å²) in [5.74, 6) is 0. The smallest absolute Gasteiger partial charge is 0.192 e. The molecule has 4 heteroatoms. The lowest BCUT2D eigenvalue weighted by atomic mass is 9.97. The molecule has 1 aliphatic carbocycles. The van der Waals surface area contributed by atoms with Crippen LogP contribution in [0.5, 0.6) is 0 Å². The van der Waals surface area contributed by atoms with E-state index in [1.54, 1.807) is 24.3 Å². The number of aliphatic imine (C=N–C) groups is 1. The van der Waals surface area contributed by atoms with Crippen LogP contribution in [0.15, 0.2) is 89.9 Å². The molecule has 0 atom stereocenters. The number of hydrogen-bond acceptors (Lipinski definition) is 4. The molecule has 32 heavy (non-hydrogen) atoms.